The second-order valence-electron chi connectivity index (χ2n) is 4.19. The lowest BCUT2D eigenvalue weighted by Gasteiger charge is -2.25. The summed E-state index contributed by atoms with van der Waals surface area (Å²) in [5.41, 5.74) is 1.57. The molecule has 0 radical (unpaired) electrons. The van der Waals surface area contributed by atoms with Crippen molar-refractivity contribution in [1.82, 2.24) is 5.01 Å². The van der Waals surface area contributed by atoms with Crippen molar-refractivity contribution in [1.29, 1.82) is 0 Å². The van der Waals surface area contributed by atoms with Crippen LogP contribution in [0.3, 0.4) is 0 Å². The number of non-ortho nitro benzene ring substituents is 1. The van der Waals surface area contributed by atoms with Crippen molar-refractivity contribution in [2.24, 2.45) is 5.10 Å². The second kappa shape index (κ2) is 5.15. The molecule has 0 aromatic heterocycles. The standard InChI is InChI=1S/C11H10Cl3N3O2/c1-16-10(11(12,13)14)6-9(15-16)7-2-4-8(5-3-7)17(18)19/h2-5,10H,6H2,1H3. The van der Waals surface area contributed by atoms with Gasteiger partial charge in [-0.2, -0.15) is 5.10 Å². The molecule has 8 heteroatoms. The van der Waals surface area contributed by atoms with E-state index in [4.69, 9.17) is 34.8 Å². The first-order chi connectivity index (χ1) is 8.79. The van der Waals surface area contributed by atoms with Crippen LogP contribution in [0.15, 0.2) is 29.4 Å². The van der Waals surface area contributed by atoms with Gasteiger partial charge >= 0.3 is 0 Å². The lowest BCUT2D eigenvalue weighted by atomic mass is 10.0. The molecule has 0 saturated heterocycles. The van der Waals surface area contributed by atoms with Crippen LogP contribution in [0.1, 0.15) is 12.0 Å². The number of hydrogen-bond donors (Lipinski definition) is 0. The lowest BCUT2D eigenvalue weighted by molar-refractivity contribution is -0.384. The van der Waals surface area contributed by atoms with E-state index in [1.165, 1.54) is 12.1 Å². The summed E-state index contributed by atoms with van der Waals surface area (Å²) < 4.78 is -1.43. The van der Waals surface area contributed by atoms with Gasteiger partial charge in [0, 0.05) is 25.6 Å². The molecule has 0 bridgehead atoms. The minimum atomic E-state index is -1.43. The van der Waals surface area contributed by atoms with Gasteiger partial charge < -0.3 is 0 Å². The zero-order chi connectivity index (χ0) is 14.2. The van der Waals surface area contributed by atoms with Crippen molar-refractivity contribution >= 4 is 46.2 Å². The van der Waals surface area contributed by atoms with Crippen molar-refractivity contribution < 1.29 is 4.92 Å². The SMILES string of the molecule is CN1N=C(c2ccc([N+](=O)[O-])cc2)CC1C(Cl)(Cl)Cl. The Morgan fingerprint density at radius 3 is 2.37 bits per heavy atom. The van der Waals surface area contributed by atoms with Gasteiger partial charge in [-0.15, -0.1) is 0 Å². The van der Waals surface area contributed by atoms with E-state index >= 15 is 0 Å². The van der Waals surface area contributed by atoms with Gasteiger partial charge in [-0.25, -0.2) is 0 Å². The summed E-state index contributed by atoms with van der Waals surface area (Å²) in [7, 11) is 1.73. The number of nitrogens with zero attached hydrogens (tertiary/aromatic N) is 3. The third kappa shape index (κ3) is 3.11. The minimum Gasteiger partial charge on any atom is -0.292 e. The largest absolute Gasteiger partial charge is 0.292 e. The Balaban J connectivity index is 2.20. The van der Waals surface area contributed by atoms with Crippen molar-refractivity contribution in [2.75, 3.05) is 7.05 Å². The molecular formula is C11H10Cl3N3O2. The molecule has 102 valence electrons. The first-order valence-electron chi connectivity index (χ1n) is 5.41. The van der Waals surface area contributed by atoms with E-state index in [0.717, 1.165) is 11.3 Å². The van der Waals surface area contributed by atoms with Gasteiger partial charge in [-0.05, 0) is 17.7 Å². The van der Waals surface area contributed by atoms with Crippen LogP contribution in [0.5, 0.6) is 0 Å². The molecule has 0 amide bonds. The molecule has 1 unspecified atom stereocenters. The average molecular weight is 323 g/mol. The van der Waals surface area contributed by atoms with E-state index in [1.54, 1.807) is 24.2 Å². The fourth-order valence-corrected chi connectivity index (χ4v) is 2.55. The topological polar surface area (TPSA) is 58.7 Å². The molecule has 1 aromatic carbocycles. The molecule has 1 aliphatic heterocycles. The zero-order valence-electron chi connectivity index (χ0n) is 9.89. The smallest absolute Gasteiger partial charge is 0.269 e. The Labute approximate surface area is 124 Å². The molecule has 1 aliphatic rings. The number of hydrogen-bond acceptors (Lipinski definition) is 4. The molecule has 0 saturated carbocycles. The summed E-state index contributed by atoms with van der Waals surface area (Å²) in [5, 5.41) is 16.5. The Morgan fingerprint density at radius 1 is 1.37 bits per heavy atom. The highest BCUT2D eigenvalue weighted by molar-refractivity contribution is 6.68. The van der Waals surface area contributed by atoms with Crippen molar-refractivity contribution in [3.05, 3.63) is 39.9 Å². The highest BCUT2D eigenvalue weighted by Crippen LogP contribution is 2.38. The Kier molecular flexibility index (Phi) is 3.90. The van der Waals surface area contributed by atoms with Crippen LogP contribution >= 0.6 is 34.8 Å². The monoisotopic (exact) mass is 321 g/mol. The number of nitro groups is 1. The number of halogens is 3. The third-order valence-corrected chi connectivity index (χ3v) is 3.66. The van der Waals surface area contributed by atoms with Gasteiger partial charge in [0.25, 0.3) is 5.69 Å². The maximum absolute atomic E-state index is 10.6. The van der Waals surface area contributed by atoms with E-state index < -0.39 is 8.72 Å². The van der Waals surface area contributed by atoms with Gasteiger partial charge in [-0.3, -0.25) is 15.1 Å². The van der Waals surface area contributed by atoms with Crippen LogP contribution in [0.25, 0.3) is 0 Å². The maximum atomic E-state index is 10.6. The molecule has 0 fully saturated rings. The predicted octanol–water partition coefficient (Wildman–Crippen LogP) is 3.37. The summed E-state index contributed by atoms with van der Waals surface area (Å²) in [5.74, 6) is 0. The molecule has 1 aromatic rings. The van der Waals surface area contributed by atoms with Crippen LogP contribution in [0.4, 0.5) is 5.69 Å². The van der Waals surface area contributed by atoms with Gasteiger partial charge in [0.05, 0.1) is 16.7 Å². The van der Waals surface area contributed by atoms with E-state index in [9.17, 15) is 10.1 Å². The van der Waals surface area contributed by atoms with Crippen molar-refractivity contribution in [3.63, 3.8) is 0 Å². The molecule has 19 heavy (non-hydrogen) atoms. The Hall–Kier alpha value is -1.04. The summed E-state index contributed by atoms with van der Waals surface area (Å²) in [6, 6.07) is 5.81. The van der Waals surface area contributed by atoms with E-state index in [1.807, 2.05) is 0 Å². The molecule has 0 aliphatic carbocycles. The van der Waals surface area contributed by atoms with Crippen molar-refractivity contribution in [3.8, 4) is 0 Å². The van der Waals surface area contributed by atoms with Crippen LogP contribution in [-0.4, -0.2) is 32.5 Å². The number of hydrazone groups is 1. The van der Waals surface area contributed by atoms with Crippen LogP contribution in [0.2, 0.25) is 0 Å². The normalized spacial score (nSPS) is 19.5. The first-order valence-corrected chi connectivity index (χ1v) is 6.54. The molecule has 1 atom stereocenters. The Morgan fingerprint density at radius 2 is 1.95 bits per heavy atom. The van der Waals surface area contributed by atoms with E-state index in [2.05, 4.69) is 5.10 Å². The summed E-state index contributed by atoms with van der Waals surface area (Å²) in [6.07, 6.45) is 0.477. The third-order valence-electron chi connectivity index (χ3n) is 2.91. The van der Waals surface area contributed by atoms with Crippen LogP contribution in [-0.2, 0) is 0 Å². The maximum Gasteiger partial charge on any atom is 0.269 e. The highest BCUT2D eigenvalue weighted by atomic mass is 35.6. The molecule has 0 spiro atoms. The van der Waals surface area contributed by atoms with Crippen LogP contribution in [0, 0.1) is 10.1 Å². The molecule has 1 heterocycles. The number of nitro benzene ring substituents is 1. The number of benzene rings is 1. The quantitative estimate of drug-likeness (QED) is 0.476. The second-order valence-corrected chi connectivity index (χ2v) is 6.55. The van der Waals surface area contributed by atoms with Crippen LogP contribution < -0.4 is 0 Å². The fraction of sp³-hybridized carbons (Fsp3) is 0.364. The van der Waals surface area contributed by atoms with Gasteiger partial charge in [0.1, 0.15) is 0 Å². The lowest BCUT2D eigenvalue weighted by Crippen LogP contribution is -2.35. The Bertz CT molecular complexity index is 525. The average Bonchev–Trinajstić information content (AvgIpc) is 2.71. The number of rotatable bonds is 2. The van der Waals surface area contributed by atoms with E-state index in [0.29, 0.717) is 6.42 Å². The van der Waals surface area contributed by atoms with Gasteiger partial charge in [-0.1, -0.05) is 34.8 Å². The van der Waals surface area contributed by atoms with Crippen molar-refractivity contribution in [2.45, 2.75) is 16.3 Å². The molecule has 2 rings (SSSR count). The molecular weight excluding hydrogens is 312 g/mol. The predicted molar refractivity (Wildman–Crippen MR) is 76.1 cm³/mol. The molecule has 5 nitrogen and oxygen atoms in total. The van der Waals surface area contributed by atoms with Gasteiger partial charge in [0.2, 0.25) is 3.79 Å². The summed E-state index contributed by atoms with van der Waals surface area (Å²) >= 11 is 17.6. The first kappa shape index (κ1) is 14.4. The highest BCUT2D eigenvalue weighted by Gasteiger charge is 2.40. The fourth-order valence-electron chi connectivity index (χ4n) is 1.89. The molecule has 0 N–H and O–H groups in total. The number of alkyl halides is 3. The summed E-state index contributed by atoms with van der Waals surface area (Å²) in [6.45, 7) is 0. The minimum absolute atomic E-state index is 0.0358. The summed E-state index contributed by atoms with van der Waals surface area (Å²) in [4.78, 5) is 10.1. The zero-order valence-corrected chi connectivity index (χ0v) is 12.2. The van der Waals surface area contributed by atoms with E-state index in [-0.39, 0.29) is 11.7 Å². The van der Waals surface area contributed by atoms with Gasteiger partial charge in [0.15, 0.2) is 0 Å².